The molecule has 6 heteroatoms. The van der Waals surface area contributed by atoms with Crippen LogP contribution in [0.25, 0.3) is 0 Å². The van der Waals surface area contributed by atoms with E-state index in [1.165, 1.54) is 36.0 Å². The van der Waals surface area contributed by atoms with E-state index in [0.717, 1.165) is 5.56 Å². The van der Waals surface area contributed by atoms with Gasteiger partial charge in [0.15, 0.2) is 11.5 Å². The van der Waals surface area contributed by atoms with Crippen molar-refractivity contribution in [3.8, 4) is 5.75 Å². The van der Waals surface area contributed by atoms with E-state index in [1.807, 2.05) is 24.3 Å². The lowest BCUT2D eigenvalue weighted by Gasteiger charge is -2.49. The molecular weight excluding hydrogens is 437 g/mol. The van der Waals surface area contributed by atoms with Crippen molar-refractivity contribution in [3.63, 3.8) is 0 Å². The third-order valence-corrected chi connectivity index (χ3v) is 7.34. The van der Waals surface area contributed by atoms with Gasteiger partial charge < -0.3 is 5.32 Å². The van der Waals surface area contributed by atoms with Crippen LogP contribution in [0, 0.1) is 5.82 Å². The van der Waals surface area contributed by atoms with Crippen LogP contribution in [0.15, 0.2) is 72.8 Å². The van der Waals surface area contributed by atoms with Gasteiger partial charge in [-0.3, -0.25) is 14.7 Å². The number of thioether (sulfide) groups is 1. The normalized spacial score (nSPS) is 20.1. The second-order valence-electron chi connectivity index (χ2n) is 9.27. The second kappa shape index (κ2) is 8.67. The molecule has 33 heavy (non-hydrogen) atoms. The fourth-order valence-electron chi connectivity index (χ4n) is 4.09. The maximum Gasteiger partial charge on any atom is 0.237 e. The minimum absolute atomic E-state index is 0.00521. The van der Waals surface area contributed by atoms with E-state index >= 15 is 0 Å². The SMILES string of the molecule is CC(C)(C)c1ccc(C(=O)CS[C@H]2C(=O)N[C@]2(c2ccc([O])cc2)c2ccc(F)cc2)cc1. The standard InChI is InChI=1S/C27H25FNO3S/c1-26(2,3)18-6-4-17(5-7-18)23(31)16-33-24-25(32)29-27(24,19-8-12-21(28)13-9-19)20-10-14-22(30)15-11-20/h4-15,24H,16H2,1-3H3,(H,29,32)/t24-,27-/m0/s1. The van der Waals surface area contributed by atoms with Crippen LogP contribution in [0.5, 0.6) is 5.75 Å². The fourth-order valence-corrected chi connectivity index (χ4v) is 5.36. The van der Waals surface area contributed by atoms with Gasteiger partial charge in [0.2, 0.25) is 5.91 Å². The molecule has 1 fully saturated rings. The number of β-lactam (4-membered cyclic amide) rings is 1. The van der Waals surface area contributed by atoms with Gasteiger partial charge in [-0.1, -0.05) is 69.3 Å². The van der Waals surface area contributed by atoms with Crippen molar-refractivity contribution in [2.24, 2.45) is 0 Å². The Labute approximate surface area is 197 Å². The zero-order chi connectivity index (χ0) is 23.8. The van der Waals surface area contributed by atoms with Gasteiger partial charge in [0.05, 0.1) is 5.75 Å². The van der Waals surface area contributed by atoms with Crippen LogP contribution in [-0.4, -0.2) is 22.7 Å². The Kier molecular flexibility index (Phi) is 6.06. The lowest BCUT2D eigenvalue weighted by atomic mass is 9.74. The summed E-state index contributed by atoms with van der Waals surface area (Å²) in [4.78, 5) is 25.5. The number of hydrogen-bond acceptors (Lipinski definition) is 3. The van der Waals surface area contributed by atoms with Crippen molar-refractivity contribution < 1.29 is 19.1 Å². The average molecular weight is 463 g/mol. The van der Waals surface area contributed by atoms with Gasteiger partial charge in [0.25, 0.3) is 0 Å². The molecule has 2 atom stereocenters. The minimum atomic E-state index is -0.945. The molecule has 1 heterocycles. The lowest BCUT2D eigenvalue weighted by molar-refractivity contribution is -0.130. The van der Waals surface area contributed by atoms with Crippen molar-refractivity contribution in [1.29, 1.82) is 0 Å². The molecular formula is C27H25FNO3S. The summed E-state index contributed by atoms with van der Waals surface area (Å²) in [7, 11) is 0. The first-order valence-electron chi connectivity index (χ1n) is 10.7. The van der Waals surface area contributed by atoms with E-state index in [4.69, 9.17) is 0 Å². The number of Topliss-reactive ketones (excluding diaryl/α,β-unsaturated/α-hetero) is 1. The maximum absolute atomic E-state index is 13.6. The minimum Gasteiger partial charge on any atom is -0.340 e. The number of carbonyl (C=O) groups is 2. The van der Waals surface area contributed by atoms with Crippen LogP contribution in [0.3, 0.4) is 0 Å². The Morgan fingerprint density at radius 1 is 0.939 bits per heavy atom. The topological polar surface area (TPSA) is 66.1 Å². The molecule has 1 aliphatic rings. The van der Waals surface area contributed by atoms with Crippen LogP contribution in [0.2, 0.25) is 0 Å². The molecule has 4 rings (SSSR count). The van der Waals surface area contributed by atoms with Crippen molar-refractivity contribution in [3.05, 3.63) is 101 Å². The summed E-state index contributed by atoms with van der Waals surface area (Å²) in [6.07, 6.45) is 0. The summed E-state index contributed by atoms with van der Waals surface area (Å²) >= 11 is 1.26. The molecule has 1 N–H and O–H groups in total. The predicted octanol–water partition coefficient (Wildman–Crippen LogP) is 5.63. The highest BCUT2D eigenvalue weighted by Gasteiger charge is 2.56. The molecule has 0 aliphatic carbocycles. The largest absolute Gasteiger partial charge is 0.340 e. The number of benzene rings is 3. The highest BCUT2D eigenvalue weighted by Crippen LogP contribution is 2.45. The number of halogens is 1. The predicted molar refractivity (Wildman–Crippen MR) is 128 cm³/mol. The van der Waals surface area contributed by atoms with Gasteiger partial charge in [0.1, 0.15) is 16.6 Å². The molecule has 0 spiro atoms. The zero-order valence-electron chi connectivity index (χ0n) is 18.7. The number of amides is 1. The first-order chi connectivity index (χ1) is 15.6. The van der Waals surface area contributed by atoms with Crippen LogP contribution < -0.4 is 5.32 Å². The summed E-state index contributed by atoms with van der Waals surface area (Å²) in [5.74, 6) is -0.672. The van der Waals surface area contributed by atoms with Gasteiger partial charge in [-0.2, -0.15) is 0 Å². The van der Waals surface area contributed by atoms with E-state index in [1.54, 1.807) is 24.3 Å². The molecule has 4 nitrogen and oxygen atoms in total. The highest BCUT2D eigenvalue weighted by atomic mass is 32.2. The monoisotopic (exact) mass is 462 g/mol. The van der Waals surface area contributed by atoms with Crippen molar-refractivity contribution in [2.45, 2.75) is 37.0 Å². The van der Waals surface area contributed by atoms with Gasteiger partial charge in [-0.25, -0.2) is 4.39 Å². The molecule has 1 radical (unpaired) electrons. The first-order valence-corrected chi connectivity index (χ1v) is 11.8. The summed E-state index contributed by atoms with van der Waals surface area (Å²) < 4.78 is 13.6. The Morgan fingerprint density at radius 2 is 1.48 bits per heavy atom. The number of carbonyl (C=O) groups excluding carboxylic acids is 2. The summed E-state index contributed by atoms with van der Waals surface area (Å²) in [5, 5.41) is 14.0. The van der Waals surface area contributed by atoms with Crippen molar-refractivity contribution in [1.82, 2.24) is 5.32 Å². The highest BCUT2D eigenvalue weighted by molar-refractivity contribution is 8.01. The number of ketones is 1. The van der Waals surface area contributed by atoms with E-state index < -0.39 is 10.8 Å². The van der Waals surface area contributed by atoms with Gasteiger partial charge >= 0.3 is 0 Å². The number of rotatable bonds is 6. The lowest BCUT2D eigenvalue weighted by Crippen LogP contribution is -2.69. The quantitative estimate of drug-likeness (QED) is 0.382. The molecule has 1 aliphatic heterocycles. The molecule has 0 saturated carbocycles. The molecule has 1 amide bonds. The van der Waals surface area contributed by atoms with E-state index in [-0.39, 0.29) is 34.4 Å². The Balaban J connectivity index is 1.60. The van der Waals surface area contributed by atoms with E-state index in [2.05, 4.69) is 26.1 Å². The van der Waals surface area contributed by atoms with Crippen LogP contribution >= 0.6 is 11.8 Å². The van der Waals surface area contributed by atoms with Crippen LogP contribution in [-0.2, 0) is 20.9 Å². The Hall–Kier alpha value is -3.12. The molecule has 1 saturated heterocycles. The fraction of sp³-hybridized carbons (Fsp3) is 0.259. The van der Waals surface area contributed by atoms with Gasteiger partial charge in [-0.05, 0) is 46.4 Å². The van der Waals surface area contributed by atoms with Crippen LogP contribution in [0.1, 0.15) is 47.8 Å². The number of nitrogens with one attached hydrogen (secondary N) is 1. The Morgan fingerprint density at radius 3 is 2.00 bits per heavy atom. The summed E-state index contributed by atoms with van der Waals surface area (Å²) in [6, 6.07) is 19.7. The van der Waals surface area contributed by atoms with Crippen molar-refractivity contribution in [2.75, 3.05) is 5.75 Å². The third kappa shape index (κ3) is 4.40. The van der Waals surface area contributed by atoms with Crippen molar-refractivity contribution >= 4 is 23.5 Å². The molecule has 0 aromatic heterocycles. The maximum atomic E-state index is 13.6. The molecule has 0 bridgehead atoms. The molecule has 3 aromatic carbocycles. The van der Waals surface area contributed by atoms with E-state index in [9.17, 15) is 19.1 Å². The zero-order valence-corrected chi connectivity index (χ0v) is 19.5. The Bertz CT molecular complexity index is 1120. The molecule has 169 valence electrons. The number of hydrogen-bond donors (Lipinski definition) is 1. The van der Waals surface area contributed by atoms with Gasteiger partial charge in [-0.15, -0.1) is 11.8 Å². The third-order valence-electron chi connectivity index (χ3n) is 6.02. The average Bonchev–Trinajstić information content (AvgIpc) is 2.78. The van der Waals surface area contributed by atoms with Crippen LogP contribution in [0.4, 0.5) is 4.39 Å². The summed E-state index contributed by atoms with van der Waals surface area (Å²) in [6.45, 7) is 6.34. The molecule has 3 aromatic rings. The van der Waals surface area contributed by atoms with E-state index in [0.29, 0.717) is 16.7 Å². The smallest absolute Gasteiger partial charge is 0.237 e. The molecule has 0 unspecified atom stereocenters. The first kappa shape index (κ1) is 23.1. The summed E-state index contributed by atoms with van der Waals surface area (Å²) in [5.41, 5.74) is 2.20. The second-order valence-corrected chi connectivity index (χ2v) is 10.4. The van der Waals surface area contributed by atoms with Gasteiger partial charge in [0, 0.05) is 5.56 Å².